The fourth-order valence-corrected chi connectivity index (χ4v) is 2.54. The van der Waals surface area contributed by atoms with Crippen molar-refractivity contribution in [3.63, 3.8) is 0 Å². The number of anilines is 1. The van der Waals surface area contributed by atoms with Crippen LogP contribution in [0.25, 0.3) is 0 Å². The molecule has 18 heavy (non-hydrogen) atoms. The lowest BCUT2D eigenvalue weighted by Gasteiger charge is -2.08. The van der Waals surface area contributed by atoms with E-state index in [9.17, 15) is 0 Å². The summed E-state index contributed by atoms with van der Waals surface area (Å²) in [6, 6.07) is 7.98. The van der Waals surface area contributed by atoms with E-state index in [1.807, 2.05) is 18.2 Å². The van der Waals surface area contributed by atoms with E-state index in [4.69, 9.17) is 5.73 Å². The Labute approximate surface area is 107 Å². The molecule has 0 radical (unpaired) electrons. The molecule has 2 N–H and O–H groups in total. The molecule has 0 fully saturated rings. The van der Waals surface area contributed by atoms with Crippen LogP contribution in [0.15, 0.2) is 24.3 Å². The lowest BCUT2D eigenvalue weighted by atomic mass is 10.1. The minimum atomic E-state index is 0.777. The van der Waals surface area contributed by atoms with Gasteiger partial charge in [-0.15, -0.1) is 10.2 Å². The van der Waals surface area contributed by atoms with E-state index in [0.717, 1.165) is 42.3 Å². The zero-order valence-corrected chi connectivity index (χ0v) is 10.5. The Morgan fingerprint density at radius 1 is 1.11 bits per heavy atom. The van der Waals surface area contributed by atoms with Gasteiger partial charge < -0.3 is 10.3 Å². The molecule has 0 spiro atoms. The Bertz CT molecular complexity index is 544. The van der Waals surface area contributed by atoms with E-state index < -0.39 is 0 Å². The molecule has 0 unspecified atom stereocenters. The van der Waals surface area contributed by atoms with Gasteiger partial charge in [0.15, 0.2) is 0 Å². The van der Waals surface area contributed by atoms with Crippen molar-refractivity contribution >= 4 is 5.69 Å². The Hall–Kier alpha value is -1.84. The summed E-state index contributed by atoms with van der Waals surface area (Å²) in [6.07, 6.45) is 5.57. The normalized spacial score (nSPS) is 15.1. The average molecular weight is 242 g/mol. The third-order valence-electron chi connectivity index (χ3n) is 3.59. The van der Waals surface area contributed by atoms with E-state index in [1.54, 1.807) is 0 Å². The number of fused-ring (bicyclic) bond motifs is 1. The van der Waals surface area contributed by atoms with E-state index in [0.29, 0.717) is 0 Å². The number of aromatic nitrogens is 3. The third kappa shape index (κ3) is 2.10. The zero-order valence-electron chi connectivity index (χ0n) is 10.5. The molecule has 0 saturated heterocycles. The molecule has 0 aliphatic carbocycles. The second kappa shape index (κ2) is 4.80. The van der Waals surface area contributed by atoms with Crippen LogP contribution in [0.1, 0.15) is 36.5 Å². The maximum Gasteiger partial charge on any atom is 0.137 e. The van der Waals surface area contributed by atoms with Gasteiger partial charge >= 0.3 is 0 Å². The van der Waals surface area contributed by atoms with Crippen molar-refractivity contribution in [3.8, 4) is 0 Å². The van der Waals surface area contributed by atoms with E-state index in [1.165, 1.54) is 19.3 Å². The minimum Gasteiger partial charge on any atom is -0.398 e. The molecule has 1 aromatic heterocycles. The predicted octanol–water partition coefficient (Wildman–Crippen LogP) is 2.18. The van der Waals surface area contributed by atoms with Crippen LogP contribution in [-0.2, 0) is 19.4 Å². The molecule has 2 heterocycles. The van der Waals surface area contributed by atoms with Gasteiger partial charge in [-0.3, -0.25) is 0 Å². The number of nitrogens with zero attached hydrogens (tertiary/aromatic N) is 3. The second-order valence-corrected chi connectivity index (χ2v) is 4.87. The highest BCUT2D eigenvalue weighted by Gasteiger charge is 2.15. The monoisotopic (exact) mass is 242 g/mol. The fourth-order valence-electron chi connectivity index (χ4n) is 2.54. The summed E-state index contributed by atoms with van der Waals surface area (Å²) in [5.74, 6) is 2.18. The molecule has 1 aliphatic rings. The van der Waals surface area contributed by atoms with Crippen molar-refractivity contribution in [1.29, 1.82) is 0 Å². The Morgan fingerprint density at radius 3 is 2.89 bits per heavy atom. The summed E-state index contributed by atoms with van der Waals surface area (Å²) >= 11 is 0. The summed E-state index contributed by atoms with van der Waals surface area (Å²) < 4.78 is 2.28. The van der Waals surface area contributed by atoms with E-state index >= 15 is 0 Å². The molecule has 0 saturated carbocycles. The number of aryl methyl sites for hydroxylation is 1. The standard InChI is InChI=1S/C14H18N4/c15-12-7-4-3-6-11(12)10-14-17-16-13-8-2-1-5-9-18(13)14/h3-4,6-7H,1-2,5,8-10,15H2. The van der Waals surface area contributed by atoms with Crippen molar-refractivity contribution in [2.24, 2.45) is 0 Å². The van der Waals surface area contributed by atoms with Crippen LogP contribution in [0, 0.1) is 0 Å². The first-order valence-electron chi connectivity index (χ1n) is 6.59. The van der Waals surface area contributed by atoms with Gasteiger partial charge in [-0.25, -0.2) is 0 Å². The maximum atomic E-state index is 5.99. The Morgan fingerprint density at radius 2 is 2.00 bits per heavy atom. The molecule has 2 aromatic rings. The van der Waals surface area contributed by atoms with Gasteiger partial charge in [0.05, 0.1) is 0 Å². The molecule has 1 aliphatic heterocycles. The highest BCUT2D eigenvalue weighted by Crippen LogP contribution is 2.19. The van der Waals surface area contributed by atoms with Crippen LogP contribution in [0.5, 0.6) is 0 Å². The number of hydrogen-bond donors (Lipinski definition) is 1. The number of hydrogen-bond acceptors (Lipinski definition) is 3. The molecule has 4 nitrogen and oxygen atoms in total. The zero-order chi connectivity index (χ0) is 12.4. The van der Waals surface area contributed by atoms with Crippen molar-refractivity contribution < 1.29 is 0 Å². The van der Waals surface area contributed by atoms with Crippen LogP contribution in [0.3, 0.4) is 0 Å². The first kappa shape index (κ1) is 11.3. The van der Waals surface area contributed by atoms with Crippen molar-refractivity contribution in [2.45, 2.75) is 38.6 Å². The first-order chi connectivity index (χ1) is 8.84. The average Bonchev–Trinajstić information content (AvgIpc) is 2.62. The van der Waals surface area contributed by atoms with Crippen molar-refractivity contribution in [2.75, 3.05) is 5.73 Å². The summed E-state index contributed by atoms with van der Waals surface area (Å²) in [5, 5.41) is 8.65. The van der Waals surface area contributed by atoms with Crippen molar-refractivity contribution in [1.82, 2.24) is 14.8 Å². The lowest BCUT2D eigenvalue weighted by molar-refractivity contribution is 0.612. The van der Waals surface area contributed by atoms with Crippen LogP contribution >= 0.6 is 0 Å². The predicted molar refractivity (Wildman–Crippen MR) is 71.2 cm³/mol. The molecule has 4 heteroatoms. The van der Waals surface area contributed by atoms with Crippen LogP contribution in [0.4, 0.5) is 5.69 Å². The van der Waals surface area contributed by atoms with Crippen LogP contribution in [-0.4, -0.2) is 14.8 Å². The van der Waals surface area contributed by atoms with E-state index in [2.05, 4.69) is 20.8 Å². The second-order valence-electron chi connectivity index (χ2n) is 4.87. The molecular weight excluding hydrogens is 224 g/mol. The molecular formula is C14H18N4. The van der Waals surface area contributed by atoms with Gasteiger partial charge in [0.25, 0.3) is 0 Å². The summed E-state index contributed by atoms with van der Waals surface area (Å²) in [6.45, 7) is 1.05. The lowest BCUT2D eigenvalue weighted by Crippen LogP contribution is -2.07. The van der Waals surface area contributed by atoms with Gasteiger partial charge in [-0.05, 0) is 24.5 Å². The topological polar surface area (TPSA) is 56.7 Å². The summed E-state index contributed by atoms with van der Waals surface area (Å²) in [7, 11) is 0. The number of benzene rings is 1. The molecule has 1 aromatic carbocycles. The van der Waals surface area contributed by atoms with Gasteiger partial charge in [-0.2, -0.15) is 0 Å². The number of nitrogens with two attached hydrogens (primary N) is 1. The largest absolute Gasteiger partial charge is 0.398 e. The summed E-state index contributed by atoms with van der Waals surface area (Å²) in [4.78, 5) is 0. The smallest absolute Gasteiger partial charge is 0.137 e. The molecule has 0 atom stereocenters. The molecule has 0 bridgehead atoms. The molecule has 3 rings (SSSR count). The Balaban J connectivity index is 1.89. The quantitative estimate of drug-likeness (QED) is 0.821. The fraction of sp³-hybridized carbons (Fsp3) is 0.429. The summed E-state index contributed by atoms with van der Waals surface area (Å²) in [5.41, 5.74) is 7.96. The maximum absolute atomic E-state index is 5.99. The van der Waals surface area contributed by atoms with E-state index in [-0.39, 0.29) is 0 Å². The first-order valence-corrected chi connectivity index (χ1v) is 6.59. The number of rotatable bonds is 2. The highest BCUT2D eigenvalue weighted by atomic mass is 15.3. The number of para-hydroxylation sites is 1. The highest BCUT2D eigenvalue weighted by molar-refractivity contribution is 5.47. The van der Waals surface area contributed by atoms with Gasteiger partial charge in [0.2, 0.25) is 0 Å². The van der Waals surface area contributed by atoms with Gasteiger partial charge in [0, 0.05) is 25.1 Å². The Kier molecular flexibility index (Phi) is 3.00. The van der Waals surface area contributed by atoms with Crippen molar-refractivity contribution in [3.05, 3.63) is 41.5 Å². The SMILES string of the molecule is Nc1ccccc1Cc1nnc2n1CCCCC2. The van der Waals surface area contributed by atoms with Crippen LogP contribution in [0.2, 0.25) is 0 Å². The minimum absolute atomic E-state index is 0.777. The van der Waals surface area contributed by atoms with Gasteiger partial charge in [-0.1, -0.05) is 24.6 Å². The van der Waals surface area contributed by atoms with Gasteiger partial charge in [0.1, 0.15) is 11.6 Å². The third-order valence-corrected chi connectivity index (χ3v) is 3.59. The molecule has 94 valence electrons. The molecule has 0 amide bonds. The van der Waals surface area contributed by atoms with Crippen LogP contribution < -0.4 is 5.73 Å². The number of nitrogen functional groups attached to an aromatic ring is 1.